The van der Waals surface area contributed by atoms with E-state index in [0.717, 1.165) is 22.7 Å². The van der Waals surface area contributed by atoms with E-state index in [1.165, 1.54) is 18.6 Å². The summed E-state index contributed by atoms with van der Waals surface area (Å²) in [6.45, 7) is 3.67. The van der Waals surface area contributed by atoms with Crippen molar-refractivity contribution < 1.29 is 19.1 Å². The van der Waals surface area contributed by atoms with Gasteiger partial charge in [-0.3, -0.25) is 19.0 Å². The molecule has 8 nitrogen and oxygen atoms in total. The molecular weight excluding hydrogens is 382 g/mol. The molecule has 3 aromatic rings. The van der Waals surface area contributed by atoms with Gasteiger partial charge in [0.05, 0.1) is 19.8 Å². The van der Waals surface area contributed by atoms with Crippen LogP contribution in [0.5, 0.6) is 0 Å². The lowest BCUT2D eigenvalue weighted by Crippen LogP contribution is -2.30. The monoisotopic (exact) mass is 403 g/mol. The van der Waals surface area contributed by atoms with E-state index in [4.69, 9.17) is 9.47 Å². The number of hydrogen-bond acceptors (Lipinski definition) is 7. The number of Topliss-reactive ketones (excluding diaryl/α,β-unsaturated/α-hetero) is 1. The number of hydrogen-bond donors (Lipinski definition) is 1. The fourth-order valence-corrected chi connectivity index (χ4v) is 3.85. The molecule has 1 N–H and O–H groups in total. The zero-order valence-electron chi connectivity index (χ0n) is 15.9. The first-order valence-corrected chi connectivity index (χ1v) is 9.69. The number of H-pyrrole nitrogens is 1. The first kappa shape index (κ1) is 20.1. The largest absolute Gasteiger partial charge is 0.465 e. The van der Waals surface area contributed by atoms with Gasteiger partial charge in [0.1, 0.15) is 11.0 Å². The molecule has 0 fully saturated rings. The number of methoxy groups -OCH3 is 1. The van der Waals surface area contributed by atoms with Crippen molar-refractivity contribution in [3.05, 3.63) is 34.6 Å². The molecule has 0 saturated heterocycles. The van der Waals surface area contributed by atoms with Gasteiger partial charge in [-0.15, -0.1) is 0 Å². The average molecular weight is 403 g/mol. The van der Waals surface area contributed by atoms with Crippen molar-refractivity contribution in [3.8, 4) is 0 Å². The number of ketones is 1. The Kier molecular flexibility index (Phi) is 6.15. The molecular formula is C19H21N3O5S. The number of benzene rings is 1. The molecule has 148 valence electrons. The second-order valence-corrected chi connectivity index (χ2v) is 7.17. The topological polar surface area (TPSA) is 103 Å². The van der Waals surface area contributed by atoms with Gasteiger partial charge in [-0.1, -0.05) is 30.0 Å². The highest BCUT2D eigenvalue weighted by Crippen LogP contribution is 2.27. The fourth-order valence-electron chi connectivity index (χ4n) is 2.87. The molecule has 0 aliphatic heterocycles. The van der Waals surface area contributed by atoms with Crippen LogP contribution in [0.15, 0.2) is 34.2 Å². The first-order chi connectivity index (χ1) is 13.5. The Labute approximate surface area is 165 Å². The number of carbonyl (C=O) groups is 2. The molecule has 0 saturated carbocycles. The highest BCUT2D eigenvalue weighted by molar-refractivity contribution is 8.01. The van der Waals surface area contributed by atoms with Crippen molar-refractivity contribution in [2.24, 2.45) is 0 Å². The van der Waals surface area contributed by atoms with Gasteiger partial charge in [-0.2, -0.15) is 0 Å². The quantitative estimate of drug-likeness (QED) is 0.266. The summed E-state index contributed by atoms with van der Waals surface area (Å²) in [6.07, 6.45) is 0. The number of fused-ring (bicyclic) bond motifs is 3. The van der Waals surface area contributed by atoms with Gasteiger partial charge in [-0.05, 0) is 19.9 Å². The number of ether oxygens (including phenoxy) is 2. The summed E-state index contributed by atoms with van der Waals surface area (Å²) in [5.41, 5.74) is 1.38. The number of thioether (sulfide) groups is 1. The highest BCUT2D eigenvalue weighted by atomic mass is 32.2. The number of para-hydroxylation sites is 1. The van der Waals surface area contributed by atoms with E-state index in [1.807, 2.05) is 24.3 Å². The van der Waals surface area contributed by atoms with Crippen molar-refractivity contribution in [2.45, 2.75) is 30.8 Å². The molecule has 2 aromatic heterocycles. The van der Waals surface area contributed by atoms with Crippen LogP contribution in [-0.2, 0) is 25.6 Å². The molecule has 0 amide bonds. The predicted molar refractivity (Wildman–Crippen MR) is 107 cm³/mol. The summed E-state index contributed by atoms with van der Waals surface area (Å²) in [5, 5.41) is -0.0262. The third-order valence-corrected chi connectivity index (χ3v) is 5.47. The molecule has 3 rings (SSSR count). The van der Waals surface area contributed by atoms with Crippen LogP contribution in [0.25, 0.3) is 21.9 Å². The van der Waals surface area contributed by atoms with Gasteiger partial charge in [0.25, 0.3) is 5.56 Å². The van der Waals surface area contributed by atoms with E-state index >= 15 is 0 Å². The normalized spacial score (nSPS) is 12.4. The number of esters is 1. The highest BCUT2D eigenvalue weighted by Gasteiger charge is 2.29. The van der Waals surface area contributed by atoms with Crippen molar-refractivity contribution in [2.75, 3.05) is 20.3 Å². The summed E-state index contributed by atoms with van der Waals surface area (Å²) in [5.74, 6) is -1.01. The second-order valence-electron chi connectivity index (χ2n) is 6.10. The van der Waals surface area contributed by atoms with Crippen LogP contribution in [0.2, 0.25) is 0 Å². The van der Waals surface area contributed by atoms with Gasteiger partial charge >= 0.3 is 5.97 Å². The summed E-state index contributed by atoms with van der Waals surface area (Å²) in [6, 6.07) is 7.45. The van der Waals surface area contributed by atoms with Crippen molar-refractivity contribution >= 4 is 45.5 Å². The standard InChI is InChI=1S/C19H21N3O5S/c1-4-27-18(25)16(11(2)23)28-19-21-14-12-7-5-6-8-13(12)20-15(14)17(24)22(19)9-10-26-3/h5-8,16,20H,4,9-10H2,1-3H3/t16-/m1/s1. The summed E-state index contributed by atoms with van der Waals surface area (Å²) in [4.78, 5) is 45.1. The Morgan fingerprint density at radius 2 is 2.07 bits per heavy atom. The summed E-state index contributed by atoms with van der Waals surface area (Å²) < 4.78 is 11.5. The molecule has 9 heteroatoms. The molecule has 1 atom stereocenters. The fraction of sp³-hybridized carbons (Fsp3) is 0.368. The lowest BCUT2D eigenvalue weighted by atomic mass is 10.2. The van der Waals surface area contributed by atoms with Crippen LogP contribution in [0.1, 0.15) is 13.8 Å². The third kappa shape index (κ3) is 3.81. The van der Waals surface area contributed by atoms with E-state index in [-0.39, 0.29) is 36.3 Å². The minimum Gasteiger partial charge on any atom is -0.465 e. The van der Waals surface area contributed by atoms with E-state index in [9.17, 15) is 14.4 Å². The van der Waals surface area contributed by atoms with Crippen molar-refractivity contribution in [1.29, 1.82) is 0 Å². The zero-order valence-corrected chi connectivity index (χ0v) is 16.7. The van der Waals surface area contributed by atoms with Crippen molar-refractivity contribution in [1.82, 2.24) is 14.5 Å². The zero-order chi connectivity index (χ0) is 20.3. The molecule has 2 heterocycles. The van der Waals surface area contributed by atoms with Crippen LogP contribution in [-0.4, -0.2) is 51.9 Å². The Bertz CT molecular complexity index is 1090. The van der Waals surface area contributed by atoms with E-state index in [0.29, 0.717) is 11.0 Å². The molecule has 0 aliphatic carbocycles. The predicted octanol–water partition coefficient (Wildman–Crippen LogP) is 2.14. The minimum absolute atomic E-state index is 0.161. The Morgan fingerprint density at radius 3 is 2.75 bits per heavy atom. The molecule has 0 radical (unpaired) electrons. The molecule has 0 bridgehead atoms. The second kappa shape index (κ2) is 8.57. The maximum absolute atomic E-state index is 13.1. The van der Waals surface area contributed by atoms with Gasteiger partial charge < -0.3 is 14.5 Å². The lowest BCUT2D eigenvalue weighted by Gasteiger charge is -2.15. The van der Waals surface area contributed by atoms with E-state index in [1.54, 1.807) is 6.92 Å². The van der Waals surface area contributed by atoms with Crippen LogP contribution < -0.4 is 5.56 Å². The molecule has 1 aromatic carbocycles. The Balaban J connectivity index is 2.17. The van der Waals surface area contributed by atoms with Crippen LogP contribution in [0.4, 0.5) is 0 Å². The number of nitrogens with one attached hydrogen (secondary N) is 1. The number of rotatable bonds is 8. The summed E-state index contributed by atoms with van der Waals surface area (Å²) in [7, 11) is 1.53. The average Bonchev–Trinajstić information content (AvgIpc) is 3.04. The number of nitrogens with zero attached hydrogens (tertiary/aromatic N) is 2. The molecule has 28 heavy (non-hydrogen) atoms. The Hall–Kier alpha value is -2.65. The maximum Gasteiger partial charge on any atom is 0.327 e. The van der Waals surface area contributed by atoms with E-state index < -0.39 is 11.2 Å². The lowest BCUT2D eigenvalue weighted by molar-refractivity contribution is -0.144. The van der Waals surface area contributed by atoms with Crippen LogP contribution in [0, 0.1) is 0 Å². The van der Waals surface area contributed by atoms with Gasteiger partial charge in [0.15, 0.2) is 16.2 Å². The molecule has 0 aliphatic rings. The number of aromatic nitrogens is 3. The van der Waals surface area contributed by atoms with Gasteiger partial charge in [0, 0.05) is 18.0 Å². The molecule has 0 spiro atoms. The SMILES string of the molecule is CCOC(=O)[C@H](Sc1nc2c([nH]c3ccccc32)c(=O)n1CCOC)C(C)=O. The smallest absolute Gasteiger partial charge is 0.327 e. The third-order valence-electron chi connectivity index (χ3n) is 4.19. The van der Waals surface area contributed by atoms with Crippen LogP contribution >= 0.6 is 11.8 Å². The van der Waals surface area contributed by atoms with Crippen molar-refractivity contribution in [3.63, 3.8) is 0 Å². The van der Waals surface area contributed by atoms with Gasteiger partial charge in [-0.25, -0.2) is 4.98 Å². The van der Waals surface area contributed by atoms with Crippen LogP contribution in [0.3, 0.4) is 0 Å². The van der Waals surface area contributed by atoms with E-state index in [2.05, 4.69) is 9.97 Å². The maximum atomic E-state index is 13.1. The summed E-state index contributed by atoms with van der Waals surface area (Å²) >= 11 is 0.921. The van der Waals surface area contributed by atoms with Gasteiger partial charge in [0.2, 0.25) is 0 Å². The number of carbonyl (C=O) groups excluding carboxylic acids is 2. The Morgan fingerprint density at radius 1 is 1.32 bits per heavy atom. The first-order valence-electron chi connectivity index (χ1n) is 8.81. The number of aromatic amines is 1. The molecule has 0 unspecified atom stereocenters. The minimum atomic E-state index is -1.09.